The Morgan fingerprint density at radius 2 is 0.510 bits per heavy atom. The zero-order valence-corrected chi connectivity index (χ0v) is 30.3. The molecular weight excluding hydrogens is 843 g/mol. The second-order valence-electron chi connectivity index (χ2n) is 9.28. The first-order valence-corrected chi connectivity index (χ1v) is 22.6. The van der Waals surface area contributed by atoms with Crippen LogP contribution in [0.15, 0.2) is 60.7 Å². The van der Waals surface area contributed by atoms with Gasteiger partial charge in [-0.15, -0.1) is 0 Å². The van der Waals surface area contributed by atoms with Crippen LogP contribution in [0.25, 0.3) is 0 Å². The summed E-state index contributed by atoms with van der Waals surface area (Å²) in [5, 5.41) is 2.30. The zero-order chi connectivity index (χ0) is 42.3. The van der Waals surface area contributed by atoms with Crippen molar-refractivity contribution in [1.29, 1.82) is 0 Å². The summed E-state index contributed by atoms with van der Waals surface area (Å²) in [4.78, 5) is 0. The average Bonchev–Trinajstić information content (AvgIpc) is 3.16. The van der Waals surface area contributed by atoms with Crippen molar-refractivity contribution in [3.05, 3.63) is 60.7 Å². The van der Waals surface area contributed by atoms with Crippen LogP contribution in [-0.4, -0.2) is 33.8 Å². The van der Waals surface area contributed by atoms with Gasteiger partial charge in [0.05, 0.1) is 0 Å². The summed E-state index contributed by atoms with van der Waals surface area (Å²) < 4.78 is 197. The van der Waals surface area contributed by atoms with E-state index in [0.717, 1.165) is 10.4 Å². The number of rotatable bonds is 8. The van der Waals surface area contributed by atoms with Crippen LogP contribution in [0.5, 0.6) is 0 Å². The molecule has 0 unspecified atom stereocenters. The summed E-state index contributed by atoms with van der Waals surface area (Å²) in [5.74, 6) is 0. The molecule has 318 valence electrons. The van der Waals surface area contributed by atoms with E-state index in [1.54, 1.807) is 0 Å². The highest BCUT2D eigenvalue weighted by molar-refractivity contribution is 7.02. The summed E-state index contributed by atoms with van der Waals surface area (Å²) in [6.45, 7) is 17.7. The quantitative estimate of drug-likeness (QED) is 0.195. The van der Waals surface area contributed by atoms with Crippen LogP contribution in [-0.2, 0) is 12.3 Å². The van der Waals surface area contributed by atoms with Crippen molar-refractivity contribution in [3.63, 3.8) is 0 Å². The Kier molecular flexibility index (Phi) is 101. The Morgan fingerprint density at radius 3 is 0.686 bits per heavy atom. The van der Waals surface area contributed by atoms with Gasteiger partial charge in [-0.3, -0.25) is 0 Å². The number of halogens is 22. The molecule has 0 fully saturated rings. The maximum Gasteiger partial charge on any atom is 0.388 e. The van der Waals surface area contributed by atoms with Crippen molar-refractivity contribution in [2.24, 2.45) is 0 Å². The van der Waals surface area contributed by atoms with Crippen LogP contribution in [0.1, 0.15) is 14.9 Å². The fourth-order valence-corrected chi connectivity index (χ4v) is 20.0. The molecule has 29 heteroatoms. The molecule has 0 amide bonds. The molecule has 0 spiro atoms. The average molecular weight is 885 g/mol. The second-order valence-corrected chi connectivity index (χ2v) is 25.4. The Balaban J connectivity index is -0.0000000543. The third-order valence-electron chi connectivity index (χ3n) is 3.70. The zero-order valence-electron chi connectivity index (χ0n) is 26.3. The summed E-state index contributed by atoms with van der Waals surface area (Å²) >= 11 is 0. The van der Waals surface area contributed by atoms with E-state index in [2.05, 4.69) is 101 Å². The number of benzene rings is 2. The van der Waals surface area contributed by atoms with E-state index in [4.69, 9.17) is 113 Å². The van der Waals surface area contributed by atoms with Gasteiger partial charge < -0.3 is 12.3 Å². The largest absolute Gasteiger partial charge is 0.437 e. The molecule has 0 aliphatic heterocycles. The van der Waals surface area contributed by atoms with Gasteiger partial charge in [0.2, 0.25) is 0 Å². The molecule has 0 aliphatic rings. The molecule has 2 aromatic rings. The molecule has 0 saturated carbocycles. The van der Waals surface area contributed by atoms with Gasteiger partial charge in [-0.2, -0.15) is 0 Å². The van der Waals surface area contributed by atoms with Gasteiger partial charge in [0.15, 0.2) is 16.6 Å². The van der Waals surface area contributed by atoms with Gasteiger partial charge in [0.25, 0.3) is 0 Å². The van der Waals surface area contributed by atoms with E-state index in [1.807, 2.05) is 12.1 Å². The van der Waals surface area contributed by atoms with E-state index in [-0.39, 0.29) is 14.9 Å². The summed E-state index contributed by atoms with van der Waals surface area (Å²) in [6.07, 6.45) is 0. The molecule has 0 aliphatic carbocycles. The molecule has 0 saturated heterocycles. The number of hydrogen-bond donors (Lipinski definition) is 0. The topological polar surface area (TPSA) is 27.7 Å². The first-order valence-electron chi connectivity index (χ1n) is 11.1. The third-order valence-corrected chi connectivity index (χ3v) is 17.0. The van der Waals surface area contributed by atoms with Crippen LogP contribution in [0, 0.1) is 0 Å². The summed E-state index contributed by atoms with van der Waals surface area (Å²) in [5.41, 5.74) is 0. The first-order chi connectivity index (χ1) is 23.3. The Hall–Kier alpha value is -2.35. The summed E-state index contributed by atoms with van der Waals surface area (Å²) in [7, 11) is -8.96. The minimum Gasteiger partial charge on any atom is -0.437 e. The van der Waals surface area contributed by atoms with Crippen molar-refractivity contribution in [3.8, 4) is 0 Å². The van der Waals surface area contributed by atoms with Crippen LogP contribution in [0.2, 0.25) is 52.4 Å². The van der Waals surface area contributed by atoms with Gasteiger partial charge in [0, 0.05) is 101 Å². The lowest BCUT2D eigenvalue weighted by Crippen LogP contribution is -2.71. The van der Waals surface area contributed by atoms with E-state index in [0.29, 0.717) is 0 Å². The van der Waals surface area contributed by atoms with Crippen LogP contribution in [0.4, 0.5) is 101 Å². The third kappa shape index (κ3) is 52.1. The summed E-state index contributed by atoms with van der Waals surface area (Å²) in [6, 6.07) is 21.0. The predicted molar refractivity (Wildman–Crippen MR) is 163 cm³/mol. The van der Waals surface area contributed by atoms with Gasteiger partial charge in [-0.25, -0.2) is 0 Å². The van der Waals surface area contributed by atoms with Gasteiger partial charge in [-0.05, 0) is 62.7 Å². The highest BCUT2D eigenvalue weighted by atomic mass is 28.5. The normalized spacial score (nSPS) is 8.51. The second kappa shape index (κ2) is 62.8. The fraction of sp³-hybridized carbons (Fsp3) is 0.455. The van der Waals surface area contributed by atoms with Gasteiger partial charge in [0.1, 0.15) is 0 Å². The molecular formula is C22H42F22O3Si4. The van der Waals surface area contributed by atoms with Crippen molar-refractivity contribution in [2.45, 2.75) is 67.2 Å². The highest BCUT2D eigenvalue weighted by Crippen LogP contribution is 2.24. The fourth-order valence-electron chi connectivity index (χ4n) is 3.27. The Morgan fingerprint density at radius 1 is 0.314 bits per heavy atom. The Labute approximate surface area is 285 Å². The van der Waals surface area contributed by atoms with E-state index in [9.17, 15) is 0 Å². The van der Waals surface area contributed by atoms with Crippen LogP contribution in [0.3, 0.4) is 0 Å². The smallest absolute Gasteiger partial charge is 0.388 e. The van der Waals surface area contributed by atoms with Crippen LogP contribution >= 0.6 is 0 Å². The lowest BCUT2D eigenvalue weighted by Gasteiger charge is -2.43. The molecule has 0 bridgehead atoms. The van der Waals surface area contributed by atoms with Crippen molar-refractivity contribution in [2.75, 3.05) is 0 Å². The van der Waals surface area contributed by atoms with E-state index < -0.39 is 33.8 Å². The molecule has 0 heterocycles. The first kappa shape index (κ1) is 82.2. The molecule has 0 radical (unpaired) electrons. The monoisotopic (exact) mass is 884 g/mol. The lowest BCUT2D eigenvalue weighted by atomic mass is 10.4. The number of hydrogen-bond acceptors (Lipinski definition) is 3. The minimum atomic E-state index is -2.90. The standard InChI is InChI=1S/C20H34O3Si4.2CH4.11F2/c1-24(2,3)21-26(7,8)23-27(22-25(4,5)6,19-15-11-9-12-16-19)20-17-13-10-14-18-20;;;11*1-2/h9-18H,1-8H3;2*1H4;;;;;;;;;;;. The molecule has 2 rings (SSSR count). The molecule has 51 heavy (non-hydrogen) atoms. The SMILES string of the molecule is C.C.C[Si](C)(C)O[Si](C)(C)O[Si](O[Si](C)(C)C)(c1ccccc1)c1ccccc1.FF.FF.FF.FF.FF.FF.FF.FF.FF.FF.FF. The maximum absolute atomic E-state index is 8.00. The van der Waals surface area contributed by atoms with Gasteiger partial charge >= 0.3 is 17.1 Å². The molecule has 0 aromatic heterocycles. The lowest BCUT2D eigenvalue weighted by molar-refractivity contribution is 0.108. The van der Waals surface area contributed by atoms with E-state index >= 15 is 0 Å². The van der Waals surface area contributed by atoms with Crippen molar-refractivity contribution < 1.29 is 113 Å². The highest BCUT2D eigenvalue weighted by Gasteiger charge is 2.51. The molecule has 0 N–H and O–H groups in total. The predicted octanol–water partition coefficient (Wildman–Crippen LogP) is 15.2. The minimum absolute atomic E-state index is 0. The Bertz CT molecular complexity index is 734. The molecule has 3 nitrogen and oxygen atoms in total. The molecule has 0 atom stereocenters. The van der Waals surface area contributed by atoms with Gasteiger partial charge in [-0.1, -0.05) is 75.5 Å². The maximum atomic E-state index is 8.00. The van der Waals surface area contributed by atoms with E-state index in [1.165, 1.54) is 0 Å². The van der Waals surface area contributed by atoms with Crippen molar-refractivity contribution >= 4 is 44.1 Å². The van der Waals surface area contributed by atoms with Crippen LogP contribution < -0.4 is 10.4 Å². The van der Waals surface area contributed by atoms with Crippen molar-refractivity contribution in [1.82, 2.24) is 0 Å². The molecule has 2 aromatic carbocycles.